The largest absolute Gasteiger partial charge is 0.480 e. The molecule has 2 N–H and O–H groups in total. The first-order valence-electron chi connectivity index (χ1n) is 6.18. The van der Waals surface area contributed by atoms with Crippen molar-refractivity contribution in [2.24, 2.45) is 11.8 Å². The number of nitrogens with zero attached hydrogens (tertiary/aromatic N) is 1. The summed E-state index contributed by atoms with van der Waals surface area (Å²) >= 11 is 0. The van der Waals surface area contributed by atoms with Gasteiger partial charge in [-0.2, -0.15) is 0 Å². The van der Waals surface area contributed by atoms with E-state index in [1.54, 1.807) is 0 Å². The molecule has 5 heteroatoms. The minimum Gasteiger partial charge on any atom is -0.480 e. The lowest BCUT2D eigenvalue weighted by Crippen LogP contribution is -2.38. The van der Waals surface area contributed by atoms with Crippen LogP contribution in [0.2, 0.25) is 0 Å². The summed E-state index contributed by atoms with van der Waals surface area (Å²) < 4.78 is 0. The van der Waals surface area contributed by atoms with E-state index in [1.165, 1.54) is 6.42 Å². The Balaban J connectivity index is 2.20. The maximum absolute atomic E-state index is 11.4. The molecule has 1 aliphatic heterocycles. The van der Waals surface area contributed by atoms with E-state index in [4.69, 9.17) is 5.11 Å². The highest BCUT2D eigenvalue weighted by Crippen LogP contribution is 2.22. The third-order valence-electron chi connectivity index (χ3n) is 2.98. The maximum Gasteiger partial charge on any atom is 0.322 e. The molecule has 0 radical (unpaired) electrons. The van der Waals surface area contributed by atoms with Gasteiger partial charge < -0.3 is 10.4 Å². The van der Waals surface area contributed by atoms with Gasteiger partial charge in [-0.15, -0.1) is 0 Å². The van der Waals surface area contributed by atoms with Gasteiger partial charge in [0, 0.05) is 6.54 Å². The zero-order valence-corrected chi connectivity index (χ0v) is 10.6. The molecule has 5 nitrogen and oxygen atoms in total. The lowest BCUT2D eigenvalue weighted by Gasteiger charge is -2.16. The first-order chi connectivity index (χ1) is 7.97. The number of hydrogen-bond acceptors (Lipinski definition) is 3. The highest BCUT2D eigenvalue weighted by Gasteiger charge is 2.24. The van der Waals surface area contributed by atoms with Gasteiger partial charge in [0.1, 0.15) is 6.54 Å². The minimum absolute atomic E-state index is 0.197. The first-order valence-corrected chi connectivity index (χ1v) is 6.18. The number of carbonyl (C=O) groups excluding carboxylic acids is 1. The molecular weight excluding hydrogens is 220 g/mol. The number of rotatable bonds is 6. The third-order valence-corrected chi connectivity index (χ3v) is 2.98. The van der Waals surface area contributed by atoms with Crippen molar-refractivity contribution >= 4 is 11.9 Å². The van der Waals surface area contributed by atoms with Gasteiger partial charge in [0.2, 0.25) is 5.91 Å². The molecule has 1 unspecified atom stereocenters. The molecule has 0 spiro atoms. The summed E-state index contributed by atoms with van der Waals surface area (Å²) in [6.45, 7) is 6.35. The minimum atomic E-state index is -1.00. The molecule has 1 aliphatic rings. The predicted molar refractivity (Wildman–Crippen MR) is 64.6 cm³/mol. The van der Waals surface area contributed by atoms with E-state index in [0.29, 0.717) is 18.4 Å². The fourth-order valence-electron chi connectivity index (χ4n) is 2.35. The van der Waals surface area contributed by atoms with Crippen molar-refractivity contribution in [2.75, 3.05) is 26.2 Å². The summed E-state index contributed by atoms with van der Waals surface area (Å²) in [6, 6.07) is 0. The summed E-state index contributed by atoms with van der Waals surface area (Å²) in [6.07, 6.45) is 2.34. The Labute approximate surface area is 102 Å². The number of carbonyl (C=O) groups is 2. The molecule has 1 atom stereocenters. The smallest absolute Gasteiger partial charge is 0.322 e. The Kier molecular flexibility index (Phi) is 5.41. The Bertz CT molecular complexity index is 279. The van der Waals surface area contributed by atoms with Crippen LogP contribution in [0.5, 0.6) is 0 Å². The number of aliphatic carboxylic acids is 1. The fraction of sp³-hybridized carbons (Fsp3) is 0.833. The van der Waals surface area contributed by atoms with Crippen LogP contribution in [0, 0.1) is 11.8 Å². The first kappa shape index (κ1) is 14.0. The third kappa shape index (κ3) is 5.68. The van der Waals surface area contributed by atoms with Gasteiger partial charge in [0.15, 0.2) is 0 Å². The van der Waals surface area contributed by atoms with E-state index in [9.17, 15) is 9.59 Å². The van der Waals surface area contributed by atoms with Crippen LogP contribution in [0.3, 0.4) is 0 Å². The van der Waals surface area contributed by atoms with Gasteiger partial charge in [0.25, 0.3) is 0 Å². The molecule has 98 valence electrons. The summed E-state index contributed by atoms with van der Waals surface area (Å²) in [5.74, 6) is 0.179. The number of hydrogen-bond donors (Lipinski definition) is 2. The van der Waals surface area contributed by atoms with Gasteiger partial charge in [0.05, 0.1) is 6.54 Å². The molecule has 0 bridgehead atoms. The van der Waals surface area contributed by atoms with Crippen molar-refractivity contribution in [3.05, 3.63) is 0 Å². The highest BCUT2D eigenvalue weighted by atomic mass is 16.4. The quantitative estimate of drug-likeness (QED) is 0.714. The second-order valence-corrected chi connectivity index (χ2v) is 5.19. The Hall–Kier alpha value is -1.10. The SMILES string of the molecule is CC(C)CC1CCN(CC(=O)NCC(=O)O)C1. The van der Waals surface area contributed by atoms with Gasteiger partial charge in [-0.05, 0) is 31.2 Å². The average molecular weight is 242 g/mol. The van der Waals surface area contributed by atoms with E-state index >= 15 is 0 Å². The molecule has 1 heterocycles. The molecule has 1 saturated heterocycles. The van der Waals surface area contributed by atoms with Crippen molar-refractivity contribution in [3.8, 4) is 0 Å². The summed E-state index contributed by atoms with van der Waals surface area (Å²) in [4.78, 5) is 23.8. The second kappa shape index (κ2) is 6.59. The van der Waals surface area contributed by atoms with E-state index in [1.807, 2.05) is 0 Å². The van der Waals surface area contributed by atoms with E-state index in [2.05, 4.69) is 24.1 Å². The Morgan fingerprint density at radius 2 is 2.18 bits per heavy atom. The number of carboxylic acids is 1. The van der Waals surface area contributed by atoms with Crippen LogP contribution >= 0.6 is 0 Å². The molecular formula is C12H22N2O3. The van der Waals surface area contributed by atoms with Crippen molar-refractivity contribution in [1.29, 1.82) is 0 Å². The normalized spacial score (nSPS) is 20.8. The molecule has 1 fully saturated rings. The van der Waals surface area contributed by atoms with Gasteiger partial charge in [-0.25, -0.2) is 0 Å². The van der Waals surface area contributed by atoms with Crippen LogP contribution in [0.4, 0.5) is 0 Å². The summed E-state index contributed by atoms with van der Waals surface area (Å²) in [7, 11) is 0. The lowest BCUT2D eigenvalue weighted by molar-refractivity contribution is -0.138. The van der Waals surface area contributed by atoms with Crippen LogP contribution in [0.15, 0.2) is 0 Å². The maximum atomic E-state index is 11.4. The monoisotopic (exact) mass is 242 g/mol. The van der Waals surface area contributed by atoms with Gasteiger partial charge >= 0.3 is 5.97 Å². The van der Waals surface area contributed by atoms with E-state index in [0.717, 1.165) is 19.5 Å². The van der Waals surface area contributed by atoms with Crippen molar-refractivity contribution in [1.82, 2.24) is 10.2 Å². The lowest BCUT2D eigenvalue weighted by atomic mass is 9.97. The van der Waals surface area contributed by atoms with Crippen molar-refractivity contribution in [3.63, 3.8) is 0 Å². The summed E-state index contributed by atoms with van der Waals surface area (Å²) in [5, 5.41) is 10.8. The molecule has 0 aromatic carbocycles. The molecule has 0 aromatic heterocycles. The standard InChI is InChI=1S/C12H22N2O3/c1-9(2)5-10-3-4-14(7-10)8-11(15)13-6-12(16)17/h9-10H,3-8H2,1-2H3,(H,13,15)(H,16,17). The summed E-state index contributed by atoms with van der Waals surface area (Å²) in [5.41, 5.74) is 0. The fourth-order valence-corrected chi connectivity index (χ4v) is 2.35. The van der Waals surface area contributed by atoms with Crippen LogP contribution in [-0.2, 0) is 9.59 Å². The zero-order chi connectivity index (χ0) is 12.8. The highest BCUT2D eigenvalue weighted by molar-refractivity contribution is 5.82. The predicted octanol–water partition coefficient (Wildman–Crippen LogP) is 0.555. The Morgan fingerprint density at radius 3 is 2.76 bits per heavy atom. The van der Waals surface area contributed by atoms with E-state index in [-0.39, 0.29) is 12.5 Å². The molecule has 0 aliphatic carbocycles. The van der Waals surface area contributed by atoms with Gasteiger partial charge in [-0.3, -0.25) is 14.5 Å². The second-order valence-electron chi connectivity index (χ2n) is 5.19. The zero-order valence-electron chi connectivity index (χ0n) is 10.6. The number of carboxylic acid groups (broad SMARTS) is 1. The van der Waals surface area contributed by atoms with Crippen LogP contribution < -0.4 is 5.32 Å². The average Bonchev–Trinajstić information content (AvgIpc) is 2.61. The van der Waals surface area contributed by atoms with Crippen LogP contribution in [0.25, 0.3) is 0 Å². The number of nitrogens with one attached hydrogen (secondary N) is 1. The molecule has 0 saturated carbocycles. The van der Waals surface area contributed by atoms with Crippen molar-refractivity contribution in [2.45, 2.75) is 26.7 Å². The topological polar surface area (TPSA) is 69.6 Å². The van der Waals surface area contributed by atoms with Crippen LogP contribution in [-0.4, -0.2) is 48.1 Å². The van der Waals surface area contributed by atoms with E-state index < -0.39 is 5.97 Å². The molecule has 1 amide bonds. The molecule has 0 aromatic rings. The van der Waals surface area contributed by atoms with Gasteiger partial charge in [-0.1, -0.05) is 13.8 Å². The number of amides is 1. The van der Waals surface area contributed by atoms with Crippen LogP contribution in [0.1, 0.15) is 26.7 Å². The number of likely N-dealkylation sites (tertiary alicyclic amines) is 1. The molecule has 1 rings (SSSR count). The van der Waals surface area contributed by atoms with Crippen molar-refractivity contribution < 1.29 is 14.7 Å². The molecule has 17 heavy (non-hydrogen) atoms. The Morgan fingerprint density at radius 1 is 1.47 bits per heavy atom.